The molecule has 0 aliphatic carbocycles. The van der Waals surface area contributed by atoms with Crippen molar-refractivity contribution in [2.45, 2.75) is 31.1 Å². The lowest BCUT2D eigenvalue weighted by Gasteiger charge is -2.41. The molecule has 1 amide bonds. The quantitative estimate of drug-likeness (QED) is 0.785. The number of hydrogen-bond donors (Lipinski definition) is 1. The zero-order valence-electron chi connectivity index (χ0n) is 15.7. The van der Waals surface area contributed by atoms with Gasteiger partial charge in [0.05, 0.1) is 29.0 Å². The van der Waals surface area contributed by atoms with E-state index in [2.05, 4.69) is 16.3 Å². The molecule has 1 N–H and O–H groups in total. The van der Waals surface area contributed by atoms with Crippen molar-refractivity contribution < 1.29 is 18.0 Å². The highest BCUT2D eigenvalue weighted by Crippen LogP contribution is 2.48. The summed E-state index contributed by atoms with van der Waals surface area (Å²) in [4.78, 5) is 15.6. The first kappa shape index (κ1) is 19.1. The standard InChI is InChI=1S/C21H19F3N4O/c1-27-16-5-3-2-4-15(16)18-11-14(26-20(29)21(22,23)24)8-9-28(18)17-7-6-13(12-25)10-19(17)27/h2-7,10,14,18H,8-9,11H2,1H3,(H,26,29). The van der Waals surface area contributed by atoms with Crippen LogP contribution in [0.2, 0.25) is 0 Å². The molecule has 5 nitrogen and oxygen atoms in total. The molecule has 2 aromatic carbocycles. The Bertz CT molecular complexity index is 998. The Hall–Kier alpha value is -3.21. The van der Waals surface area contributed by atoms with Crippen molar-refractivity contribution in [3.8, 4) is 6.07 Å². The molecule has 0 radical (unpaired) electrons. The second kappa shape index (κ2) is 6.99. The van der Waals surface area contributed by atoms with E-state index < -0.39 is 18.1 Å². The fourth-order valence-corrected chi connectivity index (χ4v) is 4.26. The Morgan fingerprint density at radius 1 is 1.17 bits per heavy atom. The number of carbonyl (C=O) groups excluding carboxylic acids is 1. The summed E-state index contributed by atoms with van der Waals surface area (Å²) in [6.45, 7) is 0.495. The topological polar surface area (TPSA) is 59.4 Å². The van der Waals surface area contributed by atoms with E-state index in [0.717, 1.165) is 22.6 Å². The van der Waals surface area contributed by atoms with E-state index >= 15 is 0 Å². The van der Waals surface area contributed by atoms with Crippen molar-refractivity contribution in [3.05, 3.63) is 53.6 Å². The number of fused-ring (bicyclic) bond motifs is 5. The molecule has 2 heterocycles. The highest BCUT2D eigenvalue weighted by atomic mass is 19.4. The van der Waals surface area contributed by atoms with Crippen molar-refractivity contribution >= 4 is 23.0 Å². The normalized spacial score (nSPS) is 20.7. The molecule has 8 heteroatoms. The minimum atomic E-state index is -4.89. The summed E-state index contributed by atoms with van der Waals surface area (Å²) in [5.41, 5.74) is 4.25. The Morgan fingerprint density at radius 3 is 2.66 bits per heavy atom. The molecule has 0 spiro atoms. The van der Waals surface area contributed by atoms with Gasteiger partial charge < -0.3 is 15.1 Å². The van der Waals surface area contributed by atoms with E-state index in [1.807, 2.05) is 48.3 Å². The molecule has 2 atom stereocenters. The van der Waals surface area contributed by atoms with Crippen LogP contribution in [0.4, 0.5) is 30.2 Å². The van der Waals surface area contributed by atoms with Crippen molar-refractivity contribution in [1.29, 1.82) is 5.26 Å². The molecule has 1 saturated heterocycles. The maximum Gasteiger partial charge on any atom is 0.471 e. The maximum absolute atomic E-state index is 12.7. The zero-order valence-corrected chi connectivity index (χ0v) is 15.7. The summed E-state index contributed by atoms with van der Waals surface area (Å²) in [7, 11) is 1.92. The van der Waals surface area contributed by atoms with Gasteiger partial charge in [-0.2, -0.15) is 18.4 Å². The molecule has 0 bridgehead atoms. The summed E-state index contributed by atoms with van der Waals surface area (Å²) in [5.74, 6) is -1.89. The third kappa shape index (κ3) is 3.37. The van der Waals surface area contributed by atoms with Gasteiger partial charge in [0.1, 0.15) is 0 Å². The van der Waals surface area contributed by atoms with E-state index in [0.29, 0.717) is 24.9 Å². The van der Waals surface area contributed by atoms with Crippen molar-refractivity contribution in [2.75, 3.05) is 23.4 Å². The Morgan fingerprint density at radius 2 is 1.93 bits per heavy atom. The number of carbonyl (C=O) groups is 1. The number of halogens is 3. The van der Waals surface area contributed by atoms with Gasteiger partial charge in [-0.15, -0.1) is 0 Å². The predicted molar refractivity (Wildman–Crippen MR) is 103 cm³/mol. The van der Waals surface area contributed by atoms with Gasteiger partial charge in [-0.1, -0.05) is 18.2 Å². The first-order chi connectivity index (χ1) is 13.8. The van der Waals surface area contributed by atoms with Crippen LogP contribution in [0.3, 0.4) is 0 Å². The van der Waals surface area contributed by atoms with Crippen LogP contribution in [0.25, 0.3) is 0 Å². The van der Waals surface area contributed by atoms with E-state index in [1.165, 1.54) is 0 Å². The molecule has 150 valence electrons. The molecule has 29 heavy (non-hydrogen) atoms. The minimum absolute atomic E-state index is 0.185. The number of nitrogens with zero attached hydrogens (tertiary/aromatic N) is 3. The van der Waals surface area contributed by atoms with E-state index in [9.17, 15) is 23.2 Å². The van der Waals surface area contributed by atoms with Crippen molar-refractivity contribution in [2.24, 2.45) is 0 Å². The number of hydrogen-bond acceptors (Lipinski definition) is 4. The fourth-order valence-electron chi connectivity index (χ4n) is 4.26. The number of rotatable bonds is 1. The number of amides is 1. The number of alkyl halides is 3. The largest absolute Gasteiger partial charge is 0.471 e. The molecule has 4 rings (SSSR count). The van der Waals surface area contributed by atoms with Gasteiger partial charge >= 0.3 is 12.1 Å². The molecular weight excluding hydrogens is 381 g/mol. The Labute approximate surface area is 166 Å². The molecule has 2 aromatic rings. The SMILES string of the molecule is CN1c2ccccc2C2CC(NC(=O)C(F)(F)F)CCN2c2ccc(C#N)cc21. The lowest BCUT2D eigenvalue weighted by atomic mass is 9.90. The second-order valence-electron chi connectivity index (χ2n) is 7.33. The molecule has 0 aromatic heterocycles. The zero-order chi connectivity index (χ0) is 20.8. The average molecular weight is 400 g/mol. The Balaban J connectivity index is 1.75. The van der Waals surface area contributed by atoms with Crippen LogP contribution in [0, 0.1) is 11.3 Å². The number of anilines is 3. The smallest absolute Gasteiger partial charge is 0.363 e. The monoisotopic (exact) mass is 400 g/mol. The first-order valence-corrected chi connectivity index (χ1v) is 9.30. The van der Waals surface area contributed by atoms with Gasteiger partial charge in [0.2, 0.25) is 0 Å². The fraction of sp³-hybridized carbons (Fsp3) is 0.333. The van der Waals surface area contributed by atoms with Crippen molar-refractivity contribution in [3.63, 3.8) is 0 Å². The summed E-state index contributed by atoms with van der Waals surface area (Å²) >= 11 is 0. The van der Waals surface area contributed by atoms with Crippen molar-refractivity contribution in [1.82, 2.24) is 5.32 Å². The van der Waals surface area contributed by atoms with Crippen LogP contribution in [0.15, 0.2) is 42.5 Å². The van der Waals surface area contributed by atoms with Gasteiger partial charge in [-0.05, 0) is 42.7 Å². The third-order valence-corrected chi connectivity index (χ3v) is 5.63. The molecule has 2 aliphatic rings. The first-order valence-electron chi connectivity index (χ1n) is 9.30. The molecular formula is C21H19F3N4O. The number of nitriles is 1. The van der Waals surface area contributed by atoms with Crippen LogP contribution in [0.5, 0.6) is 0 Å². The lowest BCUT2D eigenvalue weighted by molar-refractivity contribution is -0.174. The summed E-state index contributed by atoms with van der Waals surface area (Å²) < 4.78 is 38.1. The van der Waals surface area contributed by atoms with Gasteiger partial charge in [0.25, 0.3) is 0 Å². The van der Waals surface area contributed by atoms with E-state index in [-0.39, 0.29) is 6.04 Å². The summed E-state index contributed by atoms with van der Waals surface area (Å²) in [5, 5.41) is 11.4. The number of nitrogens with one attached hydrogen (secondary N) is 1. The second-order valence-corrected chi connectivity index (χ2v) is 7.33. The molecule has 2 aliphatic heterocycles. The Kier molecular flexibility index (Phi) is 4.61. The van der Waals surface area contributed by atoms with Crippen LogP contribution < -0.4 is 15.1 Å². The predicted octanol–water partition coefficient (Wildman–Crippen LogP) is 4.03. The van der Waals surface area contributed by atoms with Gasteiger partial charge in [-0.3, -0.25) is 4.79 Å². The number of benzene rings is 2. The van der Waals surface area contributed by atoms with Crippen LogP contribution in [-0.4, -0.2) is 31.7 Å². The van der Waals surface area contributed by atoms with Gasteiger partial charge in [-0.25, -0.2) is 0 Å². The number of para-hydroxylation sites is 1. The lowest BCUT2D eigenvalue weighted by Crippen LogP contribution is -2.49. The van der Waals surface area contributed by atoms with Gasteiger partial charge in [0, 0.05) is 25.3 Å². The average Bonchev–Trinajstić information content (AvgIpc) is 2.81. The summed E-state index contributed by atoms with van der Waals surface area (Å²) in [6, 6.07) is 14.6. The van der Waals surface area contributed by atoms with E-state index in [1.54, 1.807) is 6.07 Å². The molecule has 0 saturated carbocycles. The summed E-state index contributed by atoms with van der Waals surface area (Å²) in [6.07, 6.45) is -4.12. The van der Waals surface area contributed by atoms with Gasteiger partial charge in [0.15, 0.2) is 0 Å². The third-order valence-electron chi connectivity index (χ3n) is 5.63. The minimum Gasteiger partial charge on any atom is -0.363 e. The maximum atomic E-state index is 12.7. The molecule has 2 unspecified atom stereocenters. The van der Waals surface area contributed by atoms with Crippen LogP contribution >= 0.6 is 0 Å². The number of piperidine rings is 1. The van der Waals surface area contributed by atoms with Crippen LogP contribution in [0.1, 0.15) is 30.0 Å². The molecule has 1 fully saturated rings. The highest BCUT2D eigenvalue weighted by molar-refractivity contribution is 5.84. The highest BCUT2D eigenvalue weighted by Gasteiger charge is 2.42. The van der Waals surface area contributed by atoms with E-state index in [4.69, 9.17) is 0 Å². The van der Waals surface area contributed by atoms with Crippen LogP contribution in [-0.2, 0) is 4.79 Å².